The number of carbonyl (C=O) groups is 1. The van der Waals surface area contributed by atoms with Crippen molar-refractivity contribution in [3.05, 3.63) is 40.3 Å². The molecular formula is C13H15N3OS. The first-order chi connectivity index (χ1) is 8.66. The Morgan fingerprint density at radius 1 is 1.39 bits per heavy atom. The number of hydrogen-bond acceptors (Lipinski definition) is 4. The second kappa shape index (κ2) is 5.64. The molecule has 2 aromatic rings. The van der Waals surface area contributed by atoms with Crippen LogP contribution in [0.1, 0.15) is 17.4 Å². The lowest BCUT2D eigenvalue weighted by Crippen LogP contribution is -2.08. The summed E-state index contributed by atoms with van der Waals surface area (Å²) in [5.74, 6) is -0.0489. The number of anilines is 2. The van der Waals surface area contributed by atoms with Gasteiger partial charge in [0.25, 0.3) is 0 Å². The smallest absolute Gasteiger partial charge is 0.221 e. The minimum atomic E-state index is -0.0489. The van der Waals surface area contributed by atoms with Crippen molar-refractivity contribution in [1.29, 1.82) is 0 Å². The van der Waals surface area contributed by atoms with Gasteiger partial charge in [-0.3, -0.25) is 9.78 Å². The van der Waals surface area contributed by atoms with E-state index in [4.69, 9.17) is 0 Å². The zero-order valence-corrected chi connectivity index (χ0v) is 11.2. The number of pyridine rings is 1. The van der Waals surface area contributed by atoms with Crippen molar-refractivity contribution in [2.45, 2.75) is 20.4 Å². The lowest BCUT2D eigenvalue weighted by molar-refractivity contribution is -0.114. The molecule has 18 heavy (non-hydrogen) atoms. The van der Waals surface area contributed by atoms with Gasteiger partial charge < -0.3 is 10.6 Å². The zero-order chi connectivity index (χ0) is 13.0. The van der Waals surface area contributed by atoms with Crippen LogP contribution in [-0.2, 0) is 11.3 Å². The van der Waals surface area contributed by atoms with Gasteiger partial charge in [-0.25, -0.2) is 0 Å². The molecule has 0 aliphatic heterocycles. The Balaban J connectivity index is 2.05. The maximum Gasteiger partial charge on any atom is 0.221 e. The molecule has 0 saturated heterocycles. The summed E-state index contributed by atoms with van der Waals surface area (Å²) < 4.78 is 0. The normalized spacial score (nSPS) is 10.1. The van der Waals surface area contributed by atoms with Crippen molar-refractivity contribution in [2.75, 3.05) is 10.6 Å². The third kappa shape index (κ3) is 3.07. The fraction of sp³-hybridized carbons (Fsp3) is 0.231. The number of hydrogen-bond donors (Lipinski definition) is 2. The van der Waals surface area contributed by atoms with E-state index in [1.165, 1.54) is 6.92 Å². The minimum absolute atomic E-state index is 0.0489. The monoisotopic (exact) mass is 261 g/mol. The summed E-state index contributed by atoms with van der Waals surface area (Å²) in [7, 11) is 0. The lowest BCUT2D eigenvalue weighted by Gasteiger charge is -2.09. The molecule has 2 rings (SSSR count). The second-order valence-electron chi connectivity index (χ2n) is 3.98. The van der Waals surface area contributed by atoms with Gasteiger partial charge in [-0.15, -0.1) is 11.3 Å². The van der Waals surface area contributed by atoms with Crippen LogP contribution in [0.5, 0.6) is 0 Å². The fourth-order valence-electron chi connectivity index (χ4n) is 1.60. The Bertz CT molecular complexity index is 551. The highest BCUT2D eigenvalue weighted by Gasteiger charge is 2.06. The van der Waals surface area contributed by atoms with Crippen molar-refractivity contribution in [2.24, 2.45) is 0 Å². The standard InChI is InChI=1S/C13H15N3OS/c1-9-3-5-14-7-12(9)15-8-13-11(4-6-18-13)16-10(2)17/h3-7,15H,8H2,1-2H3,(H,16,17). The van der Waals surface area contributed by atoms with Crippen LogP contribution in [0.15, 0.2) is 29.9 Å². The summed E-state index contributed by atoms with van der Waals surface area (Å²) in [6.07, 6.45) is 3.58. The number of nitrogens with zero attached hydrogens (tertiary/aromatic N) is 1. The fourth-order valence-corrected chi connectivity index (χ4v) is 2.37. The first kappa shape index (κ1) is 12.6. The Kier molecular flexibility index (Phi) is 3.94. The predicted octanol–water partition coefficient (Wildman–Crippen LogP) is 3.02. The van der Waals surface area contributed by atoms with E-state index in [2.05, 4.69) is 15.6 Å². The molecule has 0 radical (unpaired) electrons. The topological polar surface area (TPSA) is 54.0 Å². The average Bonchev–Trinajstić information content (AvgIpc) is 2.75. The number of amides is 1. The van der Waals surface area contributed by atoms with Crippen molar-refractivity contribution < 1.29 is 4.79 Å². The molecule has 0 fully saturated rings. The predicted molar refractivity (Wildman–Crippen MR) is 74.9 cm³/mol. The van der Waals surface area contributed by atoms with Crippen molar-refractivity contribution in [3.63, 3.8) is 0 Å². The van der Waals surface area contributed by atoms with E-state index >= 15 is 0 Å². The van der Waals surface area contributed by atoms with Crippen LogP contribution in [0, 0.1) is 6.92 Å². The Morgan fingerprint density at radius 3 is 2.94 bits per heavy atom. The molecule has 0 aromatic carbocycles. The molecule has 0 aliphatic carbocycles. The van der Waals surface area contributed by atoms with Crippen LogP contribution in [-0.4, -0.2) is 10.9 Å². The third-order valence-corrected chi connectivity index (χ3v) is 3.46. The molecule has 94 valence electrons. The summed E-state index contributed by atoms with van der Waals surface area (Å²) in [6, 6.07) is 3.88. The number of thiophene rings is 1. The number of nitrogens with one attached hydrogen (secondary N) is 2. The van der Waals surface area contributed by atoms with Gasteiger partial charge in [-0.05, 0) is 30.0 Å². The van der Waals surface area contributed by atoms with Gasteiger partial charge >= 0.3 is 0 Å². The highest BCUT2D eigenvalue weighted by Crippen LogP contribution is 2.24. The summed E-state index contributed by atoms with van der Waals surface area (Å²) in [4.78, 5) is 16.2. The molecule has 0 saturated carbocycles. The zero-order valence-electron chi connectivity index (χ0n) is 10.4. The van der Waals surface area contributed by atoms with Crippen LogP contribution < -0.4 is 10.6 Å². The van der Waals surface area contributed by atoms with Gasteiger partial charge in [0.2, 0.25) is 5.91 Å². The molecule has 5 heteroatoms. The second-order valence-corrected chi connectivity index (χ2v) is 4.98. The third-order valence-electron chi connectivity index (χ3n) is 2.53. The first-order valence-electron chi connectivity index (χ1n) is 5.65. The molecule has 1 amide bonds. The Morgan fingerprint density at radius 2 is 2.22 bits per heavy atom. The van der Waals surface area contributed by atoms with E-state index in [0.29, 0.717) is 6.54 Å². The maximum absolute atomic E-state index is 11.1. The van der Waals surface area contributed by atoms with Crippen LogP contribution in [0.25, 0.3) is 0 Å². The molecular weight excluding hydrogens is 246 g/mol. The molecule has 0 unspecified atom stereocenters. The summed E-state index contributed by atoms with van der Waals surface area (Å²) in [5, 5.41) is 8.12. The van der Waals surface area contributed by atoms with Crippen molar-refractivity contribution >= 4 is 28.6 Å². The van der Waals surface area contributed by atoms with E-state index in [0.717, 1.165) is 21.8 Å². The van der Waals surface area contributed by atoms with Crippen molar-refractivity contribution in [3.8, 4) is 0 Å². The van der Waals surface area contributed by atoms with Gasteiger partial charge in [0, 0.05) is 18.0 Å². The molecule has 0 atom stereocenters. The van der Waals surface area contributed by atoms with Crippen LogP contribution >= 0.6 is 11.3 Å². The van der Waals surface area contributed by atoms with E-state index in [9.17, 15) is 4.79 Å². The SMILES string of the molecule is CC(=O)Nc1ccsc1CNc1cnccc1C. The lowest BCUT2D eigenvalue weighted by atomic mass is 10.2. The highest BCUT2D eigenvalue weighted by molar-refractivity contribution is 7.10. The number of aryl methyl sites for hydroxylation is 1. The Hall–Kier alpha value is -1.88. The van der Waals surface area contributed by atoms with E-state index in [1.54, 1.807) is 23.7 Å². The van der Waals surface area contributed by atoms with Crippen molar-refractivity contribution in [1.82, 2.24) is 4.98 Å². The quantitative estimate of drug-likeness (QED) is 0.889. The van der Waals surface area contributed by atoms with E-state index in [-0.39, 0.29) is 5.91 Å². The van der Waals surface area contributed by atoms with Crippen LogP contribution in [0.4, 0.5) is 11.4 Å². The maximum atomic E-state index is 11.1. The van der Waals surface area contributed by atoms with Crippen LogP contribution in [0.2, 0.25) is 0 Å². The van der Waals surface area contributed by atoms with Gasteiger partial charge in [-0.1, -0.05) is 0 Å². The molecule has 2 heterocycles. The summed E-state index contributed by atoms with van der Waals surface area (Å²) in [6.45, 7) is 4.23. The average molecular weight is 261 g/mol. The van der Waals surface area contributed by atoms with Crippen LogP contribution in [0.3, 0.4) is 0 Å². The van der Waals surface area contributed by atoms with Gasteiger partial charge in [0.1, 0.15) is 0 Å². The highest BCUT2D eigenvalue weighted by atomic mass is 32.1. The molecule has 2 N–H and O–H groups in total. The van der Waals surface area contributed by atoms with E-state index < -0.39 is 0 Å². The molecule has 0 bridgehead atoms. The summed E-state index contributed by atoms with van der Waals surface area (Å²) >= 11 is 1.62. The van der Waals surface area contributed by atoms with Gasteiger partial charge in [0.15, 0.2) is 0 Å². The Labute approximate surface area is 110 Å². The minimum Gasteiger partial charge on any atom is -0.379 e. The van der Waals surface area contributed by atoms with E-state index in [1.807, 2.05) is 24.4 Å². The number of carbonyl (C=O) groups excluding carboxylic acids is 1. The molecule has 2 aromatic heterocycles. The molecule has 0 aliphatic rings. The summed E-state index contributed by atoms with van der Waals surface area (Å²) in [5.41, 5.74) is 3.05. The largest absolute Gasteiger partial charge is 0.379 e. The first-order valence-corrected chi connectivity index (χ1v) is 6.53. The number of aromatic nitrogens is 1. The van der Waals surface area contributed by atoms with Gasteiger partial charge in [-0.2, -0.15) is 0 Å². The number of rotatable bonds is 4. The molecule has 0 spiro atoms. The molecule has 4 nitrogen and oxygen atoms in total. The van der Waals surface area contributed by atoms with Gasteiger partial charge in [0.05, 0.1) is 24.1 Å².